The lowest BCUT2D eigenvalue weighted by Crippen LogP contribution is -2.41. The first-order valence-corrected chi connectivity index (χ1v) is 14.2. The molecule has 1 saturated heterocycles. The number of aliphatic hydroxyl groups excluding tert-OH is 1. The molecule has 6 heteroatoms. The van der Waals surface area contributed by atoms with Gasteiger partial charge < -0.3 is 25.2 Å². The van der Waals surface area contributed by atoms with E-state index >= 15 is 0 Å². The Bertz CT molecular complexity index is 1240. The van der Waals surface area contributed by atoms with Gasteiger partial charge in [0.25, 0.3) is 6.47 Å². The van der Waals surface area contributed by atoms with Gasteiger partial charge in [-0.25, -0.2) is 0 Å². The molecule has 0 amide bonds. The number of nitrogens with zero attached hydrogens (tertiary/aromatic N) is 1. The van der Waals surface area contributed by atoms with Crippen molar-refractivity contribution in [3.63, 3.8) is 0 Å². The summed E-state index contributed by atoms with van der Waals surface area (Å²) in [5.41, 5.74) is 12.9. The molecule has 3 aromatic rings. The van der Waals surface area contributed by atoms with Gasteiger partial charge in [-0.3, -0.25) is 4.79 Å². The van der Waals surface area contributed by atoms with Gasteiger partial charge >= 0.3 is 0 Å². The summed E-state index contributed by atoms with van der Waals surface area (Å²) in [4.78, 5) is 13.3. The summed E-state index contributed by atoms with van der Waals surface area (Å²) in [6.07, 6.45) is 9.42. The first-order chi connectivity index (χ1) is 19.1. The maximum absolute atomic E-state index is 10.7. The fourth-order valence-corrected chi connectivity index (χ4v) is 6.25. The zero-order valence-electron chi connectivity index (χ0n) is 22.7. The minimum Gasteiger partial charge on any atom is -0.488 e. The van der Waals surface area contributed by atoms with Crippen LogP contribution in [0.15, 0.2) is 66.7 Å². The molecule has 0 aromatic heterocycles. The lowest BCUT2D eigenvalue weighted by molar-refractivity contribution is -0.129. The van der Waals surface area contributed by atoms with Crippen molar-refractivity contribution in [1.82, 2.24) is 0 Å². The number of anilines is 1. The minimum absolute atomic E-state index is 0.0919. The van der Waals surface area contributed by atoms with Crippen LogP contribution in [0.25, 0.3) is 11.1 Å². The van der Waals surface area contributed by atoms with Crippen molar-refractivity contribution >= 4 is 12.2 Å². The number of carbonyl (C=O) groups excluding carboxylic acids is 1. The van der Waals surface area contributed by atoms with Crippen molar-refractivity contribution in [2.45, 2.75) is 64.2 Å². The van der Waals surface area contributed by atoms with Crippen LogP contribution in [0.3, 0.4) is 0 Å². The number of carbonyl (C=O) groups is 1. The molecule has 0 bridgehead atoms. The molecule has 2 fully saturated rings. The average Bonchev–Trinajstić information content (AvgIpc) is 2.99. The van der Waals surface area contributed by atoms with E-state index in [0.29, 0.717) is 24.2 Å². The number of rotatable bonds is 10. The molecular weight excluding hydrogens is 488 g/mol. The van der Waals surface area contributed by atoms with E-state index in [1.807, 2.05) is 36.4 Å². The summed E-state index contributed by atoms with van der Waals surface area (Å²) < 4.78 is 11.2. The Labute approximate surface area is 231 Å². The summed E-state index contributed by atoms with van der Waals surface area (Å²) in [5, 5.41) is 9.59. The van der Waals surface area contributed by atoms with Crippen LogP contribution in [0.5, 0.6) is 5.75 Å². The predicted octanol–water partition coefficient (Wildman–Crippen LogP) is 6.15. The van der Waals surface area contributed by atoms with Crippen molar-refractivity contribution in [1.29, 1.82) is 0 Å². The number of benzene rings is 3. The average molecular weight is 529 g/mol. The van der Waals surface area contributed by atoms with Crippen LogP contribution < -0.4 is 15.4 Å². The molecule has 1 aliphatic heterocycles. The van der Waals surface area contributed by atoms with E-state index in [4.69, 9.17) is 15.2 Å². The fourth-order valence-electron chi connectivity index (χ4n) is 6.25. The van der Waals surface area contributed by atoms with Crippen LogP contribution in [0.1, 0.15) is 67.7 Å². The molecule has 39 heavy (non-hydrogen) atoms. The second kappa shape index (κ2) is 12.7. The van der Waals surface area contributed by atoms with E-state index in [1.165, 1.54) is 50.6 Å². The highest BCUT2D eigenvalue weighted by molar-refractivity contribution is 5.70. The maximum atomic E-state index is 10.7. The molecule has 0 radical (unpaired) electrons. The van der Waals surface area contributed by atoms with Crippen LogP contribution in [0.4, 0.5) is 5.69 Å². The third-order valence-corrected chi connectivity index (χ3v) is 8.60. The van der Waals surface area contributed by atoms with Crippen molar-refractivity contribution in [2.75, 3.05) is 24.6 Å². The molecule has 1 saturated carbocycles. The molecular formula is C33H40N2O4. The van der Waals surface area contributed by atoms with Gasteiger partial charge in [0, 0.05) is 24.3 Å². The third-order valence-electron chi connectivity index (χ3n) is 8.60. The molecule has 1 heterocycles. The zero-order chi connectivity index (χ0) is 27.1. The third kappa shape index (κ3) is 6.63. The van der Waals surface area contributed by atoms with E-state index in [1.54, 1.807) is 0 Å². The Kier molecular flexibility index (Phi) is 8.84. The van der Waals surface area contributed by atoms with E-state index in [-0.39, 0.29) is 13.2 Å². The van der Waals surface area contributed by atoms with E-state index in [2.05, 4.69) is 35.2 Å². The molecule has 6 nitrogen and oxygen atoms in total. The molecule has 3 N–H and O–H groups in total. The predicted molar refractivity (Wildman–Crippen MR) is 154 cm³/mol. The summed E-state index contributed by atoms with van der Waals surface area (Å²) >= 11 is 0. The quantitative estimate of drug-likeness (QED) is 0.307. The molecule has 206 valence electrons. The van der Waals surface area contributed by atoms with Gasteiger partial charge in [-0.1, -0.05) is 55.7 Å². The van der Waals surface area contributed by atoms with Crippen molar-refractivity contribution < 1.29 is 19.4 Å². The van der Waals surface area contributed by atoms with Crippen LogP contribution >= 0.6 is 0 Å². The topological polar surface area (TPSA) is 85.0 Å². The monoisotopic (exact) mass is 528 g/mol. The fraction of sp³-hybridized carbons (Fsp3) is 0.424. The molecule has 1 spiro atoms. The molecule has 1 aliphatic carbocycles. The number of hydrogen-bond donors (Lipinski definition) is 2. The lowest BCUT2D eigenvalue weighted by Gasteiger charge is -2.45. The number of aliphatic hydroxyl groups is 1. The van der Waals surface area contributed by atoms with Gasteiger partial charge in [0.1, 0.15) is 19.0 Å². The van der Waals surface area contributed by atoms with Gasteiger partial charge in [-0.05, 0) is 83.7 Å². The number of para-hydroxylation sites is 1. The molecule has 5 rings (SSSR count). The summed E-state index contributed by atoms with van der Waals surface area (Å²) in [5.74, 6) is 0.708. The van der Waals surface area contributed by atoms with Gasteiger partial charge in [-0.15, -0.1) is 0 Å². The highest BCUT2D eigenvalue weighted by atomic mass is 16.5. The van der Waals surface area contributed by atoms with Gasteiger partial charge in [0.15, 0.2) is 0 Å². The SMILES string of the molecule is NC(CO)c1cccc(-c2cc(COc3ccccc3COC=O)cc(N3CCC4(CCCCC4)CC3)c2)c1. The van der Waals surface area contributed by atoms with Crippen LogP contribution in [0.2, 0.25) is 0 Å². The highest BCUT2D eigenvalue weighted by Gasteiger charge is 2.35. The Morgan fingerprint density at radius 1 is 0.897 bits per heavy atom. The first kappa shape index (κ1) is 27.2. The number of ether oxygens (including phenoxy) is 2. The van der Waals surface area contributed by atoms with Crippen LogP contribution in [-0.4, -0.2) is 31.3 Å². The summed E-state index contributed by atoms with van der Waals surface area (Å²) in [6.45, 7) is 3.09. The number of nitrogens with two attached hydrogens (primary N) is 1. The summed E-state index contributed by atoms with van der Waals surface area (Å²) in [6, 6.07) is 22.1. The standard InChI is InChI=1S/C33H40N2O4/c34-31(21-36)27-9-6-8-26(19-27)29-17-25(22-39-32-10-3-2-7-28(32)23-38-24-37)18-30(20-29)35-15-13-33(14-16-35)11-4-1-5-12-33/h2-3,6-10,17-20,24,31,36H,1,4-5,11-16,21-23,34H2. The van der Waals surface area contributed by atoms with Crippen molar-refractivity contribution in [2.24, 2.45) is 11.1 Å². The highest BCUT2D eigenvalue weighted by Crippen LogP contribution is 2.45. The van der Waals surface area contributed by atoms with Crippen molar-refractivity contribution in [3.8, 4) is 16.9 Å². The van der Waals surface area contributed by atoms with Crippen LogP contribution in [0, 0.1) is 5.41 Å². The second-order valence-corrected chi connectivity index (χ2v) is 11.2. The second-order valence-electron chi connectivity index (χ2n) is 11.2. The van der Waals surface area contributed by atoms with Gasteiger partial charge in [0.2, 0.25) is 0 Å². The number of piperidine rings is 1. The van der Waals surface area contributed by atoms with E-state index in [0.717, 1.165) is 40.9 Å². The van der Waals surface area contributed by atoms with Gasteiger partial charge in [0.05, 0.1) is 12.6 Å². The van der Waals surface area contributed by atoms with Crippen molar-refractivity contribution in [3.05, 3.63) is 83.4 Å². The van der Waals surface area contributed by atoms with Crippen LogP contribution in [-0.2, 0) is 22.7 Å². The summed E-state index contributed by atoms with van der Waals surface area (Å²) in [7, 11) is 0. The Morgan fingerprint density at radius 3 is 2.46 bits per heavy atom. The maximum Gasteiger partial charge on any atom is 0.293 e. The lowest BCUT2D eigenvalue weighted by atomic mass is 9.68. The molecule has 1 unspecified atom stereocenters. The zero-order valence-corrected chi connectivity index (χ0v) is 22.7. The van der Waals surface area contributed by atoms with E-state index in [9.17, 15) is 9.90 Å². The van der Waals surface area contributed by atoms with Gasteiger partial charge in [-0.2, -0.15) is 0 Å². The Balaban J connectivity index is 1.42. The number of hydrogen-bond acceptors (Lipinski definition) is 6. The Morgan fingerprint density at radius 2 is 1.69 bits per heavy atom. The largest absolute Gasteiger partial charge is 0.488 e. The molecule has 2 aliphatic rings. The minimum atomic E-state index is -0.408. The normalized spacial score (nSPS) is 17.5. The smallest absolute Gasteiger partial charge is 0.293 e. The Hall–Kier alpha value is -3.35. The van der Waals surface area contributed by atoms with E-state index < -0.39 is 6.04 Å². The molecule has 3 aromatic carbocycles. The first-order valence-electron chi connectivity index (χ1n) is 14.2. The molecule has 1 atom stereocenters.